The molecule has 0 aliphatic carbocycles. The van der Waals surface area contributed by atoms with Crippen LogP contribution in [0, 0.1) is 10.1 Å². The van der Waals surface area contributed by atoms with Crippen LogP contribution in [-0.4, -0.2) is 42.3 Å². The minimum Gasteiger partial charge on any atom is -0.822 e. The van der Waals surface area contributed by atoms with Gasteiger partial charge in [0.15, 0.2) is 0 Å². The predicted octanol–water partition coefficient (Wildman–Crippen LogP) is -4.48. The zero-order valence-corrected chi connectivity index (χ0v) is 9.51. The van der Waals surface area contributed by atoms with Gasteiger partial charge in [0.1, 0.15) is 0 Å². The fourth-order valence-corrected chi connectivity index (χ4v) is 0. The molecule has 88 valence electrons. The van der Waals surface area contributed by atoms with Gasteiger partial charge in [-0.05, 0) is 0 Å². The molecule has 0 radical (unpaired) electrons. The fourth-order valence-electron chi connectivity index (χ4n) is 0. The molecule has 0 fully saturated rings. The van der Waals surface area contributed by atoms with Crippen LogP contribution in [0.5, 0.6) is 0 Å². The van der Waals surface area contributed by atoms with Gasteiger partial charge in [0.2, 0.25) is 0 Å². The molecule has 0 saturated heterocycles. The molecular formula is H4AlNO11P2. The molecule has 4 N–H and O–H groups in total. The van der Waals surface area contributed by atoms with Crippen LogP contribution >= 0.6 is 15.6 Å². The smallest absolute Gasteiger partial charge is 0.822 e. The summed E-state index contributed by atoms with van der Waals surface area (Å²) in [7, 11) is -10.0. The third-order valence-electron chi connectivity index (χ3n) is 0. The third kappa shape index (κ3) is 882000. The second-order valence-corrected chi connectivity index (χ2v) is 3.12. The molecule has 0 saturated carbocycles. The van der Waals surface area contributed by atoms with E-state index in [1.54, 1.807) is 0 Å². The molecule has 0 aliphatic rings. The van der Waals surface area contributed by atoms with Crippen molar-refractivity contribution in [2.45, 2.75) is 0 Å². The maximum atomic E-state index is 8.88. The molecule has 0 aliphatic heterocycles. The van der Waals surface area contributed by atoms with Gasteiger partial charge in [-0.3, -0.25) is 0 Å². The summed E-state index contributed by atoms with van der Waals surface area (Å²) in [6.07, 6.45) is 0. The second kappa shape index (κ2) is 10.5. The standard InChI is InChI=1S/Al.HNO3.2H3O4P/c;2-1(3)4;2*1-5(2,3)4/h;(H,2,3,4);2*(H3,1,2,3,4)/q+3;;;/p-3. The van der Waals surface area contributed by atoms with Gasteiger partial charge >= 0.3 is 25.2 Å². The Morgan fingerprint density at radius 3 is 1.00 bits per heavy atom. The van der Waals surface area contributed by atoms with Gasteiger partial charge in [-0.15, -0.1) is 10.1 Å². The van der Waals surface area contributed by atoms with Crippen molar-refractivity contribution >= 4 is 33.0 Å². The van der Waals surface area contributed by atoms with E-state index in [1.165, 1.54) is 0 Å². The van der Waals surface area contributed by atoms with E-state index in [9.17, 15) is 0 Å². The first-order chi connectivity index (χ1) is 5.73. The molecule has 0 rings (SSSR count). The number of hydrogen-bond donors (Lipinski definition) is 4. The van der Waals surface area contributed by atoms with Gasteiger partial charge in [0.05, 0.1) is 0 Å². The van der Waals surface area contributed by atoms with Gasteiger partial charge in [-0.25, -0.2) is 4.57 Å². The largest absolute Gasteiger partial charge is 3.00 e. The zero-order valence-electron chi connectivity index (χ0n) is 6.57. The first-order valence-electron chi connectivity index (χ1n) is 2.08. The monoisotopic (exact) mass is 283 g/mol. The maximum absolute atomic E-state index is 8.88. The van der Waals surface area contributed by atoms with Crippen molar-refractivity contribution in [2.24, 2.45) is 0 Å². The Morgan fingerprint density at radius 2 is 1.00 bits per heavy atom. The third-order valence-corrected chi connectivity index (χ3v) is 0. The van der Waals surface area contributed by atoms with Crippen LogP contribution in [0.2, 0.25) is 0 Å². The number of rotatable bonds is 0. The molecular weight excluding hydrogens is 279 g/mol. The first kappa shape index (κ1) is 24.3. The van der Waals surface area contributed by atoms with E-state index in [2.05, 4.69) is 0 Å². The molecule has 0 heterocycles. The summed E-state index contributed by atoms with van der Waals surface area (Å²) in [5.41, 5.74) is 0. The summed E-state index contributed by atoms with van der Waals surface area (Å²) in [5.74, 6) is 0. The molecule has 0 aromatic rings. The Hall–Kier alpha value is -0.0475. The van der Waals surface area contributed by atoms with Gasteiger partial charge in [-0.2, -0.15) is 7.82 Å². The van der Waals surface area contributed by atoms with Crippen molar-refractivity contribution in [2.75, 3.05) is 0 Å². The molecule has 15 heavy (non-hydrogen) atoms. The molecule has 0 spiro atoms. The summed E-state index contributed by atoms with van der Waals surface area (Å²) in [6.45, 7) is 0. The Labute approximate surface area is 92.5 Å². The minimum absolute atomic E-state index is 0. The summed E-state index contributed by atoms with van der Waals surface area (Å²) in [5, 5.41) is 13.6. The second-order valence-electron chi connectivity index (χ2n) is 1.20. The molecule has 0 bridgehead atoms. The molecule has 0 aromatic carbocycles. The van der Waals surface area contributed by atoms with Crippen LogP contribution in [0.1, 0.15) is 0 Å². The van der Waals surface area contributed by atoms with Crippen molar-refractivity contribution in [1.29, 1.82) is 0 Å². The predicted molar refractivity (Wildman–Crippen MR) is 36.4 cm³/mol. The van der Waals surface area contributed by atoms with Gasteiger partial charge in [0, 0.05) is 0 Å². The summed E-state index contributed by atoms with van der Waals surface area (Å²) >= 11 is 0. The van der Waals surface area contributed by atoms with E-state index in [-0.39, 0.29) is 17.4 Å². The average molecular weight is 283 g/mol. The van der Waals surface area contributed by atoms with E-state index < -0.39 is 20.7 Å². The molecule has 0 atom stereocenters. The van der Waals surface area contributed by atoms with Crippen LogP contribution in [0.4, 0.5) is 0 Å². The van der Waals surface area contributed by atoms with E-state index >= 15 is 0 Å². The Balaban J connectivity index is -0.0000000590. The summed E-state index contributed by atoms with van der Waals surface area (Å²) in [6, 6.07) is 0. The average Bonchev–Trinajstić information content (AvgIpc) is 1.45. The normalized spacial score (nSPS) is 9.47. The van der Waals surface area contributed by atoms with Crippen molar-refractivity contribution in [3.05, 3.63) is 10.1 Å². The van der Waals surface area contributed by atoms with Crippen LogP contribution in [0.25, 0.3) is 0 Å². The molecule has 15 heteroatoms. The van der Waals surface area contributed by atoms with E-state index in [0.29, 0.717) is 0 Å². The van der Waals surface area contributed by atoms with Crippen LogP contribution < -0.4 is 14.7 Å². The summed E-state index contributed by atoms with van der Waals surface area (Å²) in [4.78, 5) is 55.6. The zero-order chi connectivity index (χ0) is 12.6. The van der Waals surface area contributed by atoms with Crippen molar-refractivity contribution < 1.29 is 48.8 Å². The number of phosphoric acid groups is 2. The Bertz CT molecular complexity index is 194. The number of nitrogens with zero attached hydrogens (tertiary/aromatic N) is 1. The first-order valence-corrected chi connectivity index (χ1v) is 5.10. The van der Waals surface area contributed by atoms with Crippen molar-refractivity contribution in [1.82, 2.24) is 0 Å². The topological polar surface area (TPSA) is 227 Å². The fraction of sp³-hybridized carbons (Fsp3) is 0. The maximum Gasteiger partial charge on any atom is 3.00 e. The molecule has 0 amide bonds. The van der Waals surface area contributed by atoms with Crippen molar-refractivity contribution in [3.63, 3.8) is 0 Å². The van der Waals surface area contributed by atoms with E-state index in [1.807, 2.05) is 0 Å². The van der Waals surface area contributed by atoms with Crippen molar-refractivity contribution in [3.8, 4) is 0 Å². The SMILES string of the molecule is O=P(O)(O)O.O=P([O-])([O-])[O-].O=[N+]([O-])O.[Al+3]. The van der Waals surface area contributed by atoms with Crippen LogP contribution in [-0.2, 0) is 9.13 Å². The minimum atomic E-state index is -5.39. The molecule has 0 unspecified atom stereocenters. The Kier molecular flexibility index (Phi) is 16.9. The van der Waals surface area contributed by atoms with Crippen LogP contribution in [0.15, 0.2) is 0 Å². The number of hydrogen-bond acceptors (Lipinski definition) is 7. The van der Waals surface area contributed by atoms with E-state index in [0.717, 1.165) is 0 Å². The van der Waals surface area contributed by atoms with Gasteiger partial charge < -0.3 is 39.1 Å². The quantitative estimate of drug-likeness (QED) is 0.143. The Morgan fingerprint density at radius 1 is 1.00 bits per heavy atom. The van der Waals surface area contributed by atoms with Gasteiger partial charge in [-0.1, -0.05) is 0 Å². The summed E-state index contributed by atoms with van der Waals surface area (Å²) < 4.78 is 17.4. The van der Waals surface area contributed by atoms with Crippen LogP contribution in [0.3, 0.4) is 0 Å². The van der Waals surface area contributed by atoms with Gasteiger partial charge in [0.25, 0.3) is 5.09 Å². The molecule has 0 aromatic heterocycles. The van der Waals surface area contributed by atoms with E-state index in [4.69, 9.17) is 53.8 Å². The molecule has 12 nitrogen and oxygen atoms in total.